The van der Waals surface area contributed by atoms with Crippen LogP contribution in [-0.4, -0.2) is 23.3 Å². The Kier molecular flexibility index (Phi) is 3.63. The molecular formula is C11H16BrNS. The normalized spacial score (nSPS) is 19.3. The molecule has 78 valence electrons. The van der Waals surface area contributed by atoms with Gasteiger partial charge in [0.25, 0.3) is 0 Å². The molecule has 1 aliphatic heterocycles. The van der Waals surface area contributed by atoms with Crippen LogP contribution >= 0.6 is 27.3 Å². The van der Waals surface area contributed by atoms with Gasteiger partial charge in [-0.2, -0.15) is 0 Å². The van der Waals surface area contributed by atoms with Crippen molar-refractivity contribution in [1.29, 1.82) is 0 Å². The van der Waals surface area contributed by atoms with E-state index in [1.54, 1.807) is 10.4 Å². The minimum atomic E-state index is 0.759. The molecule has 1 aliphatic rings. The fourth-order valence-electron chi connectivity index (χ4n) is 1.95. The number of alkyl halides is 1. The third kappa shape index (κ3) is 2.38. The molecule has 1 unspecified atom stereocenters. The Morgan fingerprint density at radius 3 is 3.29 bits per heavy atom. The summed E-state index contributed by atoms with van der Waals surface area (Å²) in [5, 5.41) is 3.34. The van der Waals surface area contributed by atoms with Crippen molar-refractivity contribution in [2.45, 2.75) is 19.9 Å². The molecule has 0 fully saturated rings. The van der Waals surface area contributed by atoms with Gasteiger partial charge in [-0.3, -0.25) is 4.90 Å². The van der Waals surface area contributed by atoms with E-state index >= 15 is 0 Å². The highest BCUT2D eigenvalue weighted by Gasteiger charge is 2.18. The van der Waals surface area contributed by atoms with E-state index in [2.05, 4.69) is 39.2 Å². The number of hydrogen-bond acceptors (Lipinski definition) is 2. The Morgan fingerprint density at radius 2 is 2.50 bits per heavy atom. The zero-order valence-corrected chi connectivity index (χ0v) is 10.9. The van der Waals surface area contributed by atoms with E-state index in [9.17, 15) is 0 Å². The molecule has 1 aromatic rings. The van der Waals surface area contributed by atoms with E-state index in [0.29, 0.717) is 0 Å². The lowest BCUT2D eigenvalue weighted by Gasteiger charge is -2.28. The fourth-order valence-corrected chi connectivity index (χ4v) is 3.05. The van der Waals surface area contributed by atoms with Crippen LogP contribution < -0.4 is 0 Å². The van der Waals surface area contributed by atoms with E-state index in [0.717, 1.165) is 17.8 Å². The average Bonchev–Trinajstić information content (AvgIpc) is 2.64. The molecule has 0 amide bonds. The van der Waals surface area contributed by atoms with E-state index in [1.807, 2.05) is 11.3 Å². The van der Waals surface area contributed by atoms with Gasteiger partial charge < -0.3 is 0 Å². The Bertz CT molecular complexity index is 297. The first-order chi connectivity index (χ1) is 6.79. The highest BCUT2D eigenvalue weighted by molar-refractivity contribution is 9.09. The second-order valence-corrected chi connectivity index (χ2v) is 5.76. The maximum absolute atomic E-state index is 3.54. The van der Waals surface area contributed by atoms with Gasteiger partial charge in [0, 0.05) is 29.8 Å². The molecule has 0 aromatic carbocycles. The number of fused-ring (bicyclic) bond motifs is 1. The maximum Gasteiger partial charge on any atom is 0.0245 e. The van der Waals surface area contributed by atoms with Crippen LogP contribution in [0.5, 0.6) is 0 Å². The van der Waals surface area contributed by atoms with Gasteiger partial charge in [-0.1, -0.05) is 22.9 Å². The van der Waals surface area contributed by atoms with Crippen molar-refractivity contribution in [3.63, 3.8) is 0 Å². The van der Waals surface area contributed by atoms with Crippen LogP contribution in [0.25, 0.3) is 0 Å². The van der Waals surface area contributed by atoms with Crippen molar-refractivity contribution in [2.75, 3.05) is 18.4 Å². The standard InChI is InChI=1S/C11H16BrNS/c1-9(6-12)7-13-4-2-11-10(8-13)3-5-14-11/h3,5,9H,2,4,6-8H2,1H3. The van der Waals surface area contributed by atoms with Crippen molar-refractivity contribution < 1.29 is 0 Å². The first-order valence-electron chi connectivity index (χ1n) is 5.13. The number of hydrogen-bond donors (Lipinski definition) is 0. The predicted molar refractivity (Wildman–Crippen MR) is 66.3 cm³/mol. The molecule has 2 rings (SSSR count). The average molecular weight is 274 g/mol. The van der Waals surface area contributed by atoms with Crippen molar-refractivity contribution in [3.05, 3.63) is 21.9 Å². The molecule has 3 heteroatoms. The van der Waals surface area contributed by atoms with Crippen LogP contribution in [0.3, 0.4) is 0 Å². The van der Waals surface area contributed by atoms with E-state index in [4.69, 9.17) is 0 Å². The summed E-state index contributed by atoms with van der Waals surface area (Å²) in [4.78, 5) is 4.17. The third-order valence-electron chi connectivity index (χ3n) is 2.72. The van der Waals surface area contributed by atoms with Crippen LogP contribution in [0.15, 0.2) is 11.4 Å². The zero-order valence-electron chi connectivity index (χ0n) is 8.50. The van der Waals surface area contributed by atoms with Crippen LogP contribution in [0.2, 0.25) is 0 Å². The first-order valence-corrected chi connectivity index (χ1v) is 7.13. The van der Waals surface area contributed by atoms with Gasteiger partial charge in [0.05, 0.1) is 0 Å². The minimum Gasteiger partial charge on any atom is -0.298 e. The van der Waals surface area contributed by atoms with Gasteiger partial charge in [-0.05, 0) is 29.3 Å². The summed E-state index contributed by atoms with van der Waals surface area (Å²) < 4.78 is 0. The monoisotopic (exact) mass is 273 g/mol. The fraction of sp³-hybridized carbons (Fsp3) is 0.636. The molecule has 0 bridgehead atoms. The van der Waals surface area contributed by atoms with Crippen LogP contribution in [0.4, 0.5) is 0 Å². The summed E-state index contributed by atoms with van der Waals surface area (Å²) in [7, 11) is 0. The second kappa shape index (κ2) is 4.77. The largest absolute Gasteiger partial charge is 0.298 e. The van der Waals surface area contributed by atoms with Crippen LogP contribution in [0, 0.1) is 5.92 Å². The summed E-state index contributed by atoms with van der Waals surface area (Å²) in [6.45, 7) is 5.93. The van der Waals surface area contributed by atoms with Gasteiger partial charge in [-0.15, -0.1) is 11.3 Å². The lowest BCUT2D eigenvalue weighted by molar-refractivity contribution is 0.230. The third-order valence-corrected chi connectivity index (χ3v) is 4.85. The molecule has 1 aromatic heterocycles. The molecule has 14 heavy (non-hydrogen) atoms. The van der Waals surface area contributed by atoms with Gasteiger partial charge >= 0.3 is 0 Å². The summed E-state index contributed by atoms with van der Waals surface area (Å²) >= 11 is 5.46. The molecule has 2 heterocycles. The molecule has 0 N–H and O–H groups in total. The first kappa shape index (κ1) is 10.7. The number of halogens is 1. The summed E-state index contributed by atoms with van der Waals surface area (Å²) in [6, 6.07) is 2.28. The van der Waals surface area contributed by atoms with E-state index < -0.39 is 0 Å². The van der Waals surface area contributed by atoms with Gasteiger partial charge in [0.15, 0.2) is 0 Å². The Morgan fingerprint density at radius 1 is 1.64 bits per heavy atom. The summed E-state index contributed by atoms with van der Waals surface area (Å²) in [5.41, 5.74) is 1.56. The Balaban J connectivity index is 1.94. The van der Waals surface area contributed by atoms with Gasteiger partial charge in [0.2, 0.25) is 0 Å². The van der Waals surface area contributed by atoms with Crippen molar-refractivity contribution in [1.82, 2.24) is 4.90 Å². The zero-order chi connectivity index (χ0) is 9.97. The molecule has 0 saturated carbocycles. The molecule has 0 aliphatic carbocycles. The number of thiophene rings is 1. The van der Waals surface area contributed by atoms with Gasteiger partial charge in [-0.25, -0.2) is 0 Å². The Labute approximate surface area is 98.2 Å². The Hall–Kier alpha value is 0.140. The molecule has 0 saturated heterocycles. The molecule has 1 atom stereocenters. The molecule has 1 nitrogen and oxygen atoms in total. The maximum atomic E-state index is 3.54. The lowest BCUT2D eigenvalue weighted by Crippen LogP contribution is -2.33. The molecule has 0 spiro atoms. The van der Waals surface area contributed by atoms with Gasteiger partial charge in [0.1, 0.15) is 0 Å². The van der Waals surface area contributed by atoms with Crippen molar-refractivity contribution in [2.24, 2.45) is 5.92 Å². The van der Waals surface area contributed by atoms with E-state index in [-0.39, 0.29) is 0 Å². The van der Waals surface area contributed by atoms with Crippen molar-refractivity contribution >= 4 is 27.3 Å². The topological polar surface area (TPSA) is 3.24 Å². The minimum absolute atomic E-state index is 0.759. The van der Waals surface area contributed by atoms with Crippen LogP contribution in [0.1, 0.15) is 17.4 Å². The number of rotatable bonds is 3. The lowest BCUT2D eigenvalue weighted by atomic mass is 10.1. The van der Waals surface area contributed by atoms with Crippen molar-refractivity contribution in [3.8, 4) is 0 Å². The van der Waals surface area contributed by atoms with E-state index in [1.165, 1.54) is 19.5 Å². The summed E-state index contributed by atoms with van der Waals surface area (Å²) in [6.07, 6.45) is 1.25. The molecule has 0 radical (unpaired) electrons. The predicted octanol–water partition coefficient (Wildman–Crippen LogP) is 3.14. The number of nitrogens with zero attached hydrogens (tertiary/aromatic N) is 1. The highest BCUT2D eigenvalue weighted by Crippen LogP contribution is 2.24. The highest BCUT2D eigenvalue weighted by atomic mass is 79.9. The SMILES string of the molecule is CC(CBr)CN1CCc2sccc2C1. The quantitative estimate of drug-likeness (QED) is 0.765. The molecular weight excluding hydrogens is 258 g/mol. The van der Waals surface area contributed by atoms with Crippen LogP contribution in [-0.2, 0) is 13.0 Å². The smallest absolute Gasteiger partial charge is 0.0245 e. The summed E-state index contributed by atoms with van der Waals surface area (Å²) in [5.74, 6) is 0.759. The second-order valence-electron chi connectivity index (χ2n) is 4.11.